The monoisotopic (exact) mass is 356 g/mol. The van der Waals surface area contributed by atoms with Crippen LogP contribution in [0, 0.1) is 0 Å². The van der Waals surface area contributed by atoms with Gasteiger partial charge in [-0.25, -0.2) is 8.42 Å². The average Bonchev–Trinajstić information content (AvgIpc) is 2.60. The molecule has 10 nitrogen and oxygen atoms in total. The molecule has 0 fully saturated rings. The van der Waals surface area contributed by atoms with E-state index < -0.39 is 20.7 Å². The number of aromatic nitrogens is 4. The molecule has 2 aromatic rings. The van der Waals surface area contributed by atoms with Crippen LogP contribution in [-0.4, -0.2) is 56.8 Å². The lowest BCUT2D eigenvalue weighted by Crippen LogP contribution is -2.13. The summed E-state index contributed by atoms with van der Waals surface area (Å²) in [4.78, 5) is 15.6. The van der Waals surface area contributed by atoms with Crippen molar-refractivity contribution in [3.63, 3.8) is 0 Å². The first kappa shape index (κ1) is 17.7. The molecule has 0 amide bonds. The predicted octanol–water partition coefficient (Wildman–Crippen LogP) is 0.275. The Morgan fingerprint density at radius 3 is 1.50 bits per heavy atom. The summed E-state index contributed by atoms with van der Waals surface area (Å²) in [6.45, 7) is 0. The van der Waals surface area contributed by atoms with E-state index in [0.717, 1.165) is 0 Å². The lowest BCUT2D eigenvalue weighted by molar-refractivity contribution is 0.362. The van der Waals surface area contributed by atoms with Crippen molar-refractivity contribution in [2.45, 2.75) is 10.9 Å². The summed E-state index contributed by atoms with van der Waals surface area (Å²) in [5.41, 5.74) is 0. The quantitative estimate of drug-likeness (QED) is 0.639. The van der Waals surface area contributed by atoms with Gasteiger partial charge in [-0.15, -0.1) is 0 Å². The highest BCUT2D eigenvalue weighted by atomic mass is 32.2. The summed E-state index contributed by atoms with van der Waals surface area (Å²) < 4.78 is 45.0. The van der Waals surface area contributed by atoms with Crippen LogP contribution in [0.3, 0.4) is 0 Å². The van der Waals surface area contributed by atoms with Gasteiger partial charge in [-0.1, -0.05) is 0 Å². The normalized spacial score (nSPS) is 11.0. The van der Waals surface area contributed by atoms with Gasteiger partial charge < -0.3 is 18.9 Å². The van der Waals surface area contributed by atoms with Crippen LogP contribution < -0.4 is 18.9 Å². The van der Waals surface area contributed by atoms with Gasteiger partial charge in [0.15, 0.2) is 5.82 Å². The Hall–Kier alpha value is -2.69. The molecular formula is C13H16N4O6S. The fourth-order valence-corrected chi connectivity index (χ4v) is 2.75. The number of ether oxygens (including phenoxy) is 4. The van der Waals surface area contributed by atoms with E-state index in [1.54, 1.807) is 0 Å². The fourth-order valence-electron chi connectivity index (χ4n) is 1.69. The maximum Gasteiger partial charge on any atom is 0.254 e. The third-order valence-corrected chi connectivity index (χ3v) is 4.20. The van der Waals surface area contributed by atoms with Crippen LogP contribution in [0.15, 0.2) is 17.3 Å². The van der Waals surface area contributed by atoms with E-state index in [0.29, 0.717) is 0 Å². The molecule has 0 aromatic carbocycles. The Kier molecular flexibility index (Phi) is 5.34. The third-order valence-electron chi connectivity index (χ3n) is 2.82. The van der Waals surface area contributed by atoms with Gasteiger partial charge in [-0.05, 0) is 0 Å². The second-order valence-electron chi connectivity index (χ2n) is 4.36. The van der Waals surface area contributed by atoms with Gasteiger partial charge in [0.05, 0.1) is 40.6 Å². The first-order valence-corrected chi connectivity index (χ1v) is 8.22. The van der Waals surface area contributed by atoms with Crippen LogP contribution in [0.4, 0.5) is 0 Å². The average molecular weight is 356 g/mol. The number of sulfone groups is 1. The van der Waals surface area contributed by atoms with Crippen molar-refractivity contribution in [1.29, 1.82) is 0 Å². The minimum atomic E-state index is -3.95. The Bertz CT molecular complexity index is 783. The number of hydrogen-bond acceptors (Lipinski definition) is 10. The van der Waals surface area contributed by atoms with Gasteiger partial charge in [-0.2, -0.15) is 19.9 Å². The van der Waals surface area contributed by atoms with Crippen LogP contribution in [0.25, 0.3) is 0 Å². The molecule has 24 heavy (non-hydrogen) atoms. The molecule has 0 aliphatic rings. The topological polar surface area (TPSA) is 123 Å². The Morgan fingerprint density at radius 2 is 1.12 bits per heavy atom. The van der Waals surface area contributed by atoms with Gasteiger partial charge >= 0.3 is 0 Å². The summed E-state index contributed by atoms with van der Waals surface area (Å²) >= 11 is 0. The molecule has 130 valence electrons. The zero-order chi connectivity index (χ0) is 17.7. The zero-order valence-corrected chi connectivity index (χ0v) is 14.3. The molecule has 0 spiro atoms. The first-order chi connectivity index (χ1) is 11.4. The van der Waals surface area contributed by atoms with Crippen molar-refractivity contribution >= 4 is 9.84 Å². The highest BCUT2D eigenvalue weighted by Gasteiger charge is 2.24. The molecule has 2 heterocycles. The molecule has 0 unspecified atom stereocenters. The molecular weight excluding hydrogens is 340 g/mol. The number of rotatable bonds is 7. The van der Waals surface area contributed by atoms with E-state index >= 15 is 0 Å². The molecule has 0 bridgehead atoms. The number of methoxy groups -OCH3 is 4. The summed E-state index contributed by atoms with van der Waals surface area (Å²) in [7, 11) is 1.56. The van der Waals surface area contributed by atoms with Crippen molar-refractivity contribution in [3.8, 4) is 23.5 Å². The SMILES string of the molecule is COc1cc(OC)nc(CS(=O)(=O)c2nc(OC)cc(OC)n2)n1. The second-order valence-corrected chi connectivity index (χ2v) is 6.25. The Balaban J connectivity index is 2.41. The largest absolute Gasteiger partial charge is 0.481 e. The van der Waals surface area contributed by atoms with E-state index in [9.17, 15) is 8.42 Å². The van der Waals surface area contributed by atoms with Crippen molar-refractivity contribution in [1.82, 2.24) is 19.9 Å². The highest BCUT2D eigenvalue weighted by Crippen LogP contribution is 2.21. The molecule has 0 atom stereocenters. The van der Waals surface area contributed by atoms with Crippen molar-refractivity contribution in [2.75, 3.05) is 28.4 Å². The van der Waals surface area contributed by atoms with Gasteiger partial charge in [0.2, 0.25) is 33.4 Å². The molecule has 2 rings (SSSR count). The smallest absolute Gasteiger partial charge is 0.254 e. The van der Waals surface area contributed by atoms with Gasteiger partial charge in [0.25, 0.3) is 5.16 Å². The Labute approximate surface area is 138 Å². The van der Waals surface area contributed by atoms with Crippen LogP contribution >= 0.6 is 0 Å². The van der Waals surface area contributed by atoms with Crippen LogP contribution in [-0.2, 0) is 15.6 Å². The standard InChI is InChI=1S/C13H16N4O6S/c1-20-9-5-10(21-2)15-8(14-9)7-24(18,19)13-16-11(22-3)6-12(17-13)23-4/h5-6H,7H2,1-4H3. The predicted molar refractivity (Wildman–Crippen MR) is 81.2 cm³/mol. The maximum atomic E-state index is 12.5. The minimum Gasteiger partial charge on any atom is -0.481 e. The van der Waals surface area contributed by atoms with E-state index in [-0.39, 0.29) is 29.3 Å². The van der Waals surface area contributed by atoms with E-state index in [2.05, 4.69) is 19.9 Å². The van der Waals surface area contributed by atoms with Gasteiger partial charge in [0, 0.05) is 0 Å². The molecule has 0 saturated carbocycles. The molecule has 0 saturated heterocycles. The van der Waals surface area contributed by atoms with Crippen molar-refractivity contribution < 1.29 is 27.4 Å². The van der Waals surface area contributed by atoms with E-state index in [4.69, 9.17) is 18.9 Å². The van der Waals surface area contributed by atoms with Crippen LogP contribution in [0.1, 0.15) is 5.82 Å². The second kappa shape index (κ2) is 7.25. The summed E-state index contributed by atoms with van der Waals surface area (Å²) in [6, 6.07) is 2.80. The lowest BCUT2D eigenvalue weighted by Gasteiger charge is -2.08. The van der Waals surface area contributed by atoms with E-state index in [1.165, 1.54) is 40.6 Å². The molecule has 0 aliphatic carbocycles. The molecule has 0 aliphatic heterocycles. The zero-order valence-electron chi connectivity index (χ0n) is 13.5. The highest BCUT2D eigenvalue weighted by molar-refractivity contribution is 7.90. The lowest BCUT2D eigenvalue weighted by atomic mass is 10.5. The molecule has 0 radical (unpaired) electrons. The van der Waals surface area contributed by atoms with Crippen LogP contribution in [0.2, 0.25) is 0 Å². The van der Waals surface area contributed by atoms with Gasteiger partial charge in [-0.3, -0.25) is 0 Å². The van der Waals surface area contributed by atoms with Crippen LogP contribution in [0.5, 0.6) is 23.5 Å². The minimum absolute atomic E-state index is 0.0170. The van der Waals surface area contributed by atoms with Gasteiger partial charge in [0.1, 0.15) is 5.75 Å². The maximum absolute atomic E-state index is 12.5. The first-order valence-electron chi connectivity index (χ1n) is 6.57. The number of hydrogen-bond donors (Lipinski definition) is 0. The Morgan fingerprint density at radius 1 is 0.750 bits per heavy atom. The summed E-state index contributed by atoms with van der Waals surface area (Å²) in [5.74, 6) is -0.0882. The van der Waals surface area contributed by atoms with Crippen molar-refractivity contribution in [2.24, 2.45) is 0 Å². The third kappa shape index (κ3) is 3.98. The van der Waals surface area contributed by atoms with Crippen molar-refractivity contribution in [3.05, 3.63) is 18.0 Å². The van der Waals surface area contributed by atoms with E-state index in [1.807, 2.05) is 0 Å². The molecule has 11 heteroatoms. The number of nitrogens with zero attached hydrogens (tertiary/aromatic N) is 4. The molecule has 0 N–H and O–H groups in total. The fraction of sp³-hybridized carbons (Fsp3) is 0.385. The molecule has 2 aromatic heterocycles. The summed E-state index contributed by atoms with van der Waals surface area (Å²) in [6.07, 6.45) is 0. The summed E-state index contributed by atoms with van der Waals surface area (Å²) in [5, 5.41) is -0.455.